The number of piperidine rings is 3. The molecule has 0 aromatic rings. The minimum Gasteiger partial charge on any atom is -0.316 e. The van der Waals surface area contributed by atoms with Crippen LogP contribution in [0.3, 0.4) is 0 Å². The zero-order chi connectivity index (χ0) is 14.3. The summed E-state index contributed by atoms with van der Waals surface area (Å²) in [6, 6.07) is 0.801. The molecule has 122 valence electrons. The Balaban J connectivity index is 1.36. The van der Waals surface area contributed by atoms with Crippen LogP contribution in [-0.4, -0.2) is 50.2 Å². The van der Waals surface area contributed by atoms with Crippen molar-refractivity contribution in [3.05, 3.63) is 0 Å². The van der Waals surface area contributed by atoms with Gasteiger partial charge < -0.3 is 15.5 Å². The van der Waals surface area contributed by atoms with Gasteiger partial charge >= 0.3 is 0 Å². The highest BCUT2D eigenvalue weighted by Gasteiger charge is 2.25. The van der Waals surface area contributed by atoms with Crippen LogP contribution in [0.2, 0.25) is 0 Å². The van der Waals surface area contributed by atoms with Gasteiger partial charge in [0.1, 0.15) is 0 Å². The van der Waals surface area contributed by atoms with Crippen LogP contribution in [0, 0.1) is 11.8 Å². The highest BCUT2D eigenvalue weighted by molar-refractivity contribution is 4.82. The Labute approximate surface area is 131 Å². The summed E-state index contributed by atoms with van der Waals surface area (Å²) in [6.07, 6.45) is 12.8. The predicted octanol–water partition coefficient (Wildman–Crippen LogP) is 2.62. The number of nitrogens with one attached hydrogen (secondary N) is 2. The molecular formula is C18H35N3. The molecule has 3 rings (SSSR count). The number of likely N-dealkylation sites (tertiary alicyclic amines) is 1. The van der Waals surface area contributed by atoms with Gasteiger partial charge in [0.25, 0.3) is 0 Å². The smallest absolute Gasteiger partial charge is 0.00702 e. The lowest BCUT2D eigenvalue weighted by Crippen LogP contribution is -2.43. The SMILES string of the molecule is C1CCN(CC2CCN[C@@H](CC[C@H]3CCCNC3)C2)CC1. The summed E-state index contributed by atoms with van der Waals surface area (Å²) in [4.78, 5) is 2.74. The second-order valence-electron chi connectivity index (χ2n) is 7.69. The zero-order valence-electron chi connectivity index (χ0n) is 13.8. The van der Waals surface area contributed by atoms with Crippen molar-refractivity contribution in [2.24, 2.45) is 11.8 Å². The van der Waals surface area contributed by atoms with Gasteiger partial charge in [0.2, 0.25) is 0 Å². The fourth-order valence-electron chi connectivity index (χ4n) is 4.60. The summed E-state index contributed by atoms with van der Waals surface area (Å²) >= 11 is 0. The molecule has 3 fully saturated rings. The highest BCUT2D eigenvalue weighted by Crippen LogP contribution is 2.24. The molecule has 0 amide bonds. The first-order valence-electron chi connectivity index (χ1n) is 9.56. The van der Waals surface area contributed by atoms with Crippen molar-refractivity contribution in [1.82, 2.24) is 15.5 Å². The van der Waals surface area contributed by atoms with E-state index in [4.69, 9.17) is 0 Å². The van der Waals surface area contributed by atoms with Gasteiger partial charge in [0, 0.05) is 12.6 Å². The molecule has 0 bridgehead atoms. The standard InChI is InChI=1S/C18H35N3/c1-2-11-21(12-3-1)15-17-8-10-20-18(13-17)7-6-16-5-4-9-19-14-16/h16-20H,1-15H2/t16-,17?,18+/m1/s1. The Morgan fingerprint density at radius 3 is 2.57 bits per heavy atom. The van der Waals surface area contributed by atoms with E-state index in [0.717, 1.165) is 17.9 Å². The van der Waals surface area contributed by atoms with Crippen molar-refractivity contribution in [3.8, 4) is 0 Å². The lowest BCUT2D eigenvalue weighted by atomic mass is 9.86. The number of rotatable bonds is 5. The molecule has 3 aliphatic rings. The third-order valence-corrected chi connectivity index (χ3v) is 5.89. The summed E-state index contributed by atoms with van der Waals surface area (Å²) in [5.41, 5.74) is 0. The zero-order valence-corrected chi connectivity index (χ0v) is 13.8. The normalized spacial score (nSPS) is 35.7. The van der Waals surface area contributed by atoms with Gasteiger partial charge in [-0.3, -0.25) is 0 Å². The molecule has 0 aliphatic carbocycles. The monoisotopic (exact) mass is 293 g/mol. The molecular weight excluding hydrogens is 258 g/mol. The Kier molecular flexibility index (Phi) is 6.38. The molecule has 3 saturated heterocycles. The van der Waals surface area contributed by atoms with E-state index in [1.807, 2.05) is 0 Å². The largest absolute Gasteiger partial charge is 0.316 e. The quantitative estimate of drug-likeness (QED) is 0.816. The second-order valence-corrected chi connectivity index (χ2v) is 7.69. The second kappa shape index (κ2) is 8.50. The molecule has 0 saturated carbocycles. The first-order chi connectivity index (χ1) is 10.4. The molecule has 3 nitrogen and oxygen atoms in total. The maximum atomic E-state index is 3.79. The molecule has 21 heavy (non-hydrogen) atoms. The van der Waals surface area contributed by atoms with Crippen molar-refractivity contribution in [2.75, 3.05) is 39.3 Å². The van der Waals surface area contributed by atoms with Crippen molar-refractivity contribution in [1.29, 1.82) is 0 Å². The lowest BCUT2D eigenvalue weighted by Gasteiger charge is -2.36. The van der Waals surface area contributed by atoms with E-state index < -0.39 is 0 Å². The van der Waals surface area contributed by atoms with E-state index in [2.05, 4.69) is 15.5 Å². The van der Waals surface area contributed by atoms with Gasteiger partial charge in [0.15, 0.2) is 0 Å². The Bertz CT molecular complexity index is 282. The fraction of sp³-hybridized carbons (Fsp3) is 1.00. The van der Waals surface area contributed by atoms with Gasteiger partial charge in [-0.05, 0) is 95.9 Å². The van der Waals surface area contributed by atoms with E-state index in [0.29, 0.717) is 0 Å². The molecule has 0 aromatic carbocycles. The maximum Gasteiger partial charge on any atom is 0.00702 e. The van der Waals surface area contributed by atoms with E-state index in [-0.39, 0.29) is 0 Å². The molecule has 0 radical (unpaired) electrons. The van der Waals surface area contributed by atoms with Crippen molar-refractivity contribution in [2.45, 2.75) is 63.8 Å². The summed E-state index contributed by atoms with van der Waals surface area (Å²) in [7, 11) is 0. The average molecular weight is 293 g/mol. The van der Waals surface area contributed by atoms with Gasteiger partial charge in [-0.2, -0.15) is 0 Å². The van der Waals surface area contributed by atoms with Gasteiger partial charge in [-0.1, -0.05) is 6.42 Å². The summed E-state index contributed by atoms with van der Waals surface area (Å²) in [6.45, 7) is 7.87. The molecule has 1 unspecified atom stereocenters. The summed E-state index contributed by atoms with van der Waals surface area (Å²) in [5.74, 6) is 1.90. The summed E-state index contributed by atoms with van der Waals surface area (Å²) < 4.78 is 0. The third-order valence-electron chi connectivity index (χ3n) is 5.89. The maximum absolute atomic E-state index is 3.79. The molecule has 3 atom stereocenters. The number of hydrogen-bond acceptors (Lipinski definition) is 3. The first-order valence-corrected chi connectivity index (χ1v) is 9.56. The van der Waals surface area contributed by atoms with E-state index in [9.17, 15) is 0 Å². The van der Waals surface area contributed by atoms with E-state index >= 15 is 0 Å². The van der Waals surface area contributed by atoms with Crippen LogP contribution in [0.25, 0.3) is 0 Å². The average Bonchev–Trinajstić information content (AvgIpc) is 2.55. The lowest BCUT2D eigenvalue weighted by molar-refractivity contribution is 0.160. The third kappa shape index (κ3) is 5.22. The molecule has 0 aromatic heterocycles. The van der Waals surface area contributed by atoms with Crippen molar-refractivity contribution < 1.29 is 0 Å². The Hall–Kier alpha value is -0.120. The van der Waals surface area contributed by atoms with Crippen LogP contribution >= 0.6 is 0 Å². The van der Waals surface area contributed by atoms with Crippen LogP contribution in [0.4, 0.5) is 0 Å². The molecule has 3 heteroatoms. The van der Waals surface area contributed by atoms with Gasteiger partial charge in [-0.15, -0.1) is 0 Å². The van der Waals surface area contributed by atoms with Crippen LogP contribution < -0.4 is 10.6 Å². The number of hydrogen-bond donors (Lipinski definition) is 2. The minimum absolute atomic E-state index is 0.801. The minimum atomic E-state index is 0.801. The predicted molar refractivity (Wildman–Crippen MR) is 89.6 cm³/mol. The van der Waals surface area contributed by atoms with E-state index in [1.165, 1.54) is 97.1 Å². The molecule has 3 aliphatic heterocycles. The molecule has 3 heterocycles. The summed E-state index contributed by atoms with van der Waals surface area (Å²) in [5, 5.41) is 7.35. The van der Waals surface area contributed by atoms with E-state index in [1.54, 1.807) is 0 Å². The van der Waals surface area contributed by atoms with Crippen molar-refractivity contribution >= 4 is 0 Å². The van der Waals surface area contributed by atoms with Gasteiger partial charge in [0.05, 0.1) is 0 Å². The topological polar surface area (TPSA) is 27.3 Å². The van der Waals surface area contributed by atoms with Crippen LogP contribution in [-0.2, 0) is 0 Å². The Morgan fingerprint density at radius 1 is 0.857 bits per heavy atom. The first kappa shape index (κ1) is 15.8. The van der Waals surface area contributed by atoms with Crippen molar-refractivity contribution in [3.63, 3.8) is 0 Å². The molecule has 2 N–H and O–H groups in total. The fourth-order valence-corrected chi connectivity index (χ4v) is 4.60. The highest BCUT2D eigenvalue weighted by atomic mass is 15.1. The number of nitrogens with zero attached hydrogens (tertiary/aromatic N) is 1. The molecule has 0 spiro atoms. The van der Waals surface area contributed by atoms with Crippen LogP contribution in [0.15, 0.2) is 0 Å². The van der Waals surface area contributed by atoms with Gasteiger partial charge in [-0.25, -0.2) is 0 Å². The van der Waals surface area contributed by atoms with Crippen LogP contribution in [0.1, 0.15) is 57.8 Å². The van der Waals surface area contributed by atoms with Crippen LogP contribution in [0.5, 0.6) is 0 Å². The Morgan fingerprint density at radius 2 is 1.76 bits per heavy atom.